The zero-order valence-electron chi connectivity index (χ0n) is 9.43. The van der Waals surface area contributed by atoms with E-state index in [-0.39, 0.29) is 11.7 Å². The molecular weight excluding hydrogens is 246 g/mol. The van der Waals surface area contributed by atoms with Gasteiger partial charge in [0.25, 0.3) is 0 Å². The normalized spacial score (nSPS) is 13.9. The third kappa shape index (κ3) is 4.56. The number of hydrogen-bond acceptors (Lipinski definition) is 5. The molecule has 0 aromatic carbocycles. The standard InChI is InChI=1S/C9H17N3O2S2/c1-8(9-11-3-5-15-9)7-12-16(13,14)6-4-10-2/h3,5,8,10,12H,4,6-7H2,1-2H3. The second kappa shape index (κ2) is 6.29. The number of aromatic nitrogens is 1. The molecule has 0 spiro atoms. The Kier molecular flexibility index (Phi) is 5.33. The largest absolute Gasteiger partial charge is 0.319 e. The highest BCUT2D eigenvalue weighted by Crippen LogP contribution is 2.16. The first-order valence-electron chi connectivity index (χ1n) is 5.06. The van der Waals surface area contributed by atoms with Crippen LogP contribution in [0.1, 0.15) is 17.8 Å². The van der Waals surface area contributed by atoms with Gasteiger partial charge in [0, 0.05) is 30.6 Å². The van der Waals surface area contributed by atoms with Crippen molar-refractivity contribution in [3.8, 4) is 0 Å². The highest BCUT2D eigenvalue weighted by molar-refractivity contribution is 7.89. The molecular formula is C9H17N3O2S2. The lowest BCUT2D eigenvalue weighted by Gasteiger charge is -2.10. The molecule has 0 aliphatic carbocycles. The van der Waals surface area contributed by atoms with Crippen LogP contribution in [0.25, 0.3) is 0 Å². The van der Waals surface area contributed by atoms with Crippen molar-refractivity contribution in [3.05, 3.63) is 16.6 Å². The average molecular weight is 263 g/mol. The molecule has 1 unspecified atom stereocenters. The predicted octanol–water partition coefficient (Wildman–Crippen LogP) is 0.385. The molecule has 1 rings (SSSR count). The summed E-state index contributed by atoms with van der Waals surface area (Å²) < 4.78 is 25.6. The fourth-order valence-electron chi connectivity index (χ4n) is 1.13. The zero-order valence-corrected chi connectivity index (χ0v) is 11.1. The van der Waals surface area contributed by atoms with Crippen LogP contribution in [-0.4, -0.2) is 39.3 Å². The summed E-state index contributed by atoms with van der Waals surface area (Å²) >= 11 is 1.54. The highest BCUT2D eigenvalue weighted by Gasteiger charge is 2.13. The molecule has 0 bridgehead atoms. The number of nitrogens with zero attached hydrogens (tertiary/aromatic N) is 1. The van der Waals surface area contributed by atoms with Crippen LogP contribution in [0.4, 0.5) is 0 Å². The molecule has 1 aromatic rings. The lowest BCUT2D eigenvalue weighted by Crippen LogP contribution is -2.33. The van der Waals surface area contributed by atoms with Crippen molar-refractivity contribution in [1.29, 1.82) is 0 Å². The van der Waals surface area contributed by atoms with Gasteiger partial charge in [0.1, 0.15) is 0 Å². The Morgan fingerprint density at radius 1 is 1.56 bits per heavy atom. The van der Waals surface area contributed by atoms with Crippen LogP contribution in [0.3, 0.4) is 0 Å². The predicted molar refractivity (Wildman–Crippen MR) is 66.2 cm³/mol. The molecule has 1 heterocycles. The minimum Gasteiger partial charge on any atom is -0.319 e. The van der Waals surface area contributed by atoms with Crippen molar-refractivity contribution in [3.63, 3.8) is 0 Å². The Bertz CT molecular complexity index is 389. The molecule has 7 heteroatoms. The highest BCUT2D eigenvalue weighted by atomic mass is 32.2. The van der Waals surface area contributed by atoms with E-state index in [0.29, 0.717) is 13.1 Å². The Labute approximate surface area is 100 Å². The van der Waals surface area contributed by atoms with Crippen LogP contribution in [0.15, 0.2) is 11.6 Å². The maximum Gasteiger partial charge on any atom is 0.212 e. The average Bonchev–Trinajstić information content (AvgIpc) is 2.77. The summed E-state index contributed by atoms with van der Waals surface area (Å²) in [7, 11) is -1.44. The van der Waals surface area contributed by atoms with Crippen molar-refractivity contribution in [1.82, 2.24) is 15.0 Å². The quantitative estimate of drug-likeness (QED) is 0.746. The number of rotatable bonds is 7. The van der Waals surface area contributed by atoms with Crippen LogP contribution >= 0.6 is 11.3 Å². The molecule has 1 atom stereocenters. The summed E-state index contributed by atoms with van der Waals surface area (Å²) in [6.45, 7) is 2.82. The van der Waals surface area contributed by atoms with Gasteiger partial charge in [0.05, 0.1) is 10.8 Å². The van der Waals surface area contributed by atoms with Crippen LogP contribution < -0.4 is 10.0 Å². The van der Waals surface area contributed by atoms with E-state index >= 15 is 0 Å². The first-order valence-corrected chi connectivity index (χ1v) is 7.59. The molecule has 0 amide bonds. The van der Waals surface area contributed by atoms with Gasteiger partial charge in [-0.1, -0.05) is 6.92 Å². The van der Waals surface area contributed by atoms with Crippen molar-refractivity contribution in [2.45, 2.75) is 12.8 Å². The van der Waals surface area contributed by atoms with Crippen LogP contribution in [-0.2, 0) is 10.0 Å². The Morgan fingerprint density at radius 2 is 2.31 bits per heavy atom. The van der Waals surface area contributed by atoms with E-state index < -0.39 is 10.0 Å². The molecule has 92 valence electrons. The van der Waals surface area contributed by atoms with Crippen LogP contribution in [0.5, 0.6) is 0 Å². The van der Waals surface area contributed by atoms with E-state index in [0.717, 1.165) is 5.01 Å². The van der Waals surface area contributed by atoms with Crippen molar-refractivity contribution in [2.75, 3.05) is 25.9 Å². The van der Waals surface area contributed by atoms with E-state index in [4.69, 9.17) is 0 Å². The molecule has 16 heavy (non-hydrogen) atoms. The molecule has 0 aliphatic heterocycles. The van der Waals surface area contributed by atoms with Crippen molar-refractivity contribution in [2.24, 2.45) is 0 Å². The van der Waals surface area contributed by atoms with Gasteiger partial charge in [-0.15, -0.1) is 11.3 Å². The Morgan fingerprint density at radius 3 is 2.88 bits per heavy atom. The lowest BCUT2D eigenvalue weighted by atomic mass is 10.2. The maximum atomic E-state index is 11.5. The van der Waals surface area contributed by atoms with Crippen LogP contribution in [0.2, 0.25) is 0 Å². The summed E-state index contributed by atoms with van der Waals surface area (Å²) in [5.41, 5.74) is 0. The van der Waals surface area contributed by atoms with Crippen LogP contribution in [0, 0.1) is 0 Å². The van der Waals surface area contributed by atoms with Gasteiger partial charge in [-0.2, -0.15) is 0 Å². The summed E-state index contributed by atoms with van der Waals surface area (Å²) in [5.74, 6) is 0.220. The van der Waals surface area contributed by atoms with Gasteiger partial charge >= 0.3 is 0 Å². The Hall–Kier alpha value is -0.500. The number of hydrogen-bond donors (Lipinski definition) is 2. The van der Waals surface area contributed by atoms with Crippen molar-refractivity contribution < 1.29 is 8.42 Å². The fourth-order valence-corrected chi connectivity index (χ4v) is 2.95. The maximum absolute atomic E-state index is 11.5. The molecule has 0 saturated carbocycles. The van der Waals surface area contributed by atoms with Gasteiger partial charge < -0.3 is 5.32 Å². The number of nitrogens with one attached hydrogen (secondary N) is 2. The third-order valence-electron chi connectivity index (χ3n) is 2.10. The molecule has 0 radical (unpaired) electrons. The van der Waals surface area contributed by atoms with Crippen molar-refractivity contribution >= 4 is 21.4 Å². The van der Waals surface area contributed by atoms with E-state index in [1.165, 1.54) is 0 Å². The molecule has 1 aromatic heterocycles. The summed E-state index contributed by atoms with van der Waals surface area (Å²) in [6.07, 6.45) is 1.73. The van der Waals surface area contributed by atoms with Gasteiger partial charge in [-0.25, -0.2) is 18.1 Å². The summed E-state index contributed by atoms with van der Waals surface area (Å²) in [4.78, 5) is 4.15. The topological polar surface area (TPSA) is 71.1 Å². The number of sulfonamides is 1. The minimum absolute atomic E-state index is 0.105. The molecule has 5 nitrogen and oxygen atoms in total. The minimum atomic E-state index is -3.17. The van der Waals surface area contributed by atoms with E-state index in [2.05, 4.69) is 15.0 Å². The fraction of sp³-hybridized carbons (Fsp3) is 0.667. The SMILES string of the molecule is CNCCS(=O)(=O)NCC(C)c1nccs1. The van der Waals surface area contributed by atoms with Gasteiger partial charge in [0.15, 0.2) is 0 Å². The first kappa shape index (κ1) is 13.6. The monoisotopic (exact) mass is 263 g/mol. The van der Waals surface area contributed by atoms with E-state index in [1.807, 2.05) is 12.3 Å². The smallest absolute Gasteiger partial charge is 0.212 e. The lowest BCUT2D eigenvalue weighted by molar-refractivity contribution is 0.572. The molecule has 0 fully saturated rings. The Balaban J connectivity index is 2.39. The molecule has 0 aliphatic rings. The van der Waals surface area contributed by atoms with Gasteiger partial charge in [-0.3, -0.25) is 0 Å². The second-order valence-electron chi connectivity index (χ2n) is 3.54. The van der Waals surface area contributed by atoms with E-state index in [9.17, 15) is 8.42 Å². The molecule has 2 N–H and O–H groups in total. The number of thiazole rings is 1. The first-order chi connectivity index (χ1) is 7.55. The summed E-state index contributed by atoms with van der Waals surface area (Å²) in [6, 6.07) is 0. The zero-order chi connectivity index (χ0) is 12.0. The van der Waals surface area contributed by atoms with Gasteiger partial charge in [-0.05, 0) is 7.05 Å². The second-order valence-corrected chi connectivity index (χ2v) is 6.39. The summed E-state index contributed by atoms with van der Waals surface area (Å²) in [5, 5.41) is 5.65. The van der Waals surface area contributed by atoms with Gasteiger partial charge in [0.2, 0.25) is 10.0 Å². The third-order valence-corrected chi connectivity index (χ3v) is 4.46. The molecule has 0 saturated heterocycles. The van der Waals surface area contributed by atoms with E-state index in [1.54, 1.807) is 24.6 Å².